The first-order valence-electron chi connectivity index (χ1n) is 8.53. The Bertz CT molecular complexity index is 1110. The summed E-state index contributed by atoms with van der Waals surface area (Å²) < 4.78 is 5.15. The Labute approximate surface area is 171 Å². The van der Waals surface area contributed by atoms with Crippen LogP contribution in [-0.2, 0) is 6.54 Å². The van der Waals surface area contributed by atoms with Crippen molar-refractivity contribution in [1.29, 1.82) is 0 Å². The van der Waals surface area contributed by atoms with Crippen molar-refractivity contribution in [2.75, 3.05) is 0 Å². The maximum absolute atomic E-state index is 4.92. The molecule has 8 heteroatoms. The average Bonchev–Trinajstić information content (AvgIpc) is 3.35. The molecule has 6 nitrogen and oxygen atoms in total. The third-order valence-electron chi connectivity index (χ3n) is 5.00. The molecule has 0 radical (unpaired) electrons. The molecule has 0 bridgehead atoms. The van der Waals surface area contributed by atoms with Gasteiger partial charge in [0, 0.05) is 21.9 Å². The molecule has 3 aromatic heterocycles. The van der Waals surface area contributed by atoms with Gasteiger partial charge in [0.05, 0.1) is 35.9 Å². The summed E-state index contributed by atoms with van der Waals surface area (Å²) in [6.07, 6.45) is 3.81. The van der Waals surface area contributed by atoms with E-state index in [-0.39, 0.29) is 18.3 Å². The topological polar surface area (TPSA) is 64.3 Å². The number of aromatic nitrogens is 6. The second kappa shape index (κ2) is 6.65. The Morgan fingerprint density at radius 2 is 2.11 bits per heavy atom. The van der Waals surface area contributed by atoms with Gasteiger partial charge in [0.1, 0.15) is 0 Å². The van der Waals surface area contributed by atoms with E-state index in [0.29, 0.717) is 6.54 Å². The van der Waals surface area contributed by atoms with E-state index in [1.807, 2.05) is 36.3 Å². The van der Waals surface area contributed by atoms with Gasteiger partial charge in [0.2, 0.25) is 0 Å². The molecule has 1 N–H and O–H groups in total. The van der Waals surface area contributed by atoms with Gasteiger partial charge in [0.25, 0.3) is 0 Å². The van der Waals surface area contributed by atoms with Crippen molar-refractivity contribution in [2.24, 2.45) is 0 Å². The van der Waals surface area contributed by atoms with Gasteiger partial charge in [-0.3, -0.25) is 0 Å². The van der Waals surface area contributed by atoms with E-state index in [1.54, 1.807) is 0 Å². The number of hydrogen-bond donors (Lipinski definition) is 1. The second-order valence-corrected chi connectivity index (χ2v) is 7.52. The van der Waals surface area contributed by atoms with Crippen LogP contribution in [0, 0.1) is 6.92 Å². The number of rotatable bonds is 2. The molecule has 4 aromatic rings. The van der Waals surface area contributed by atoms with E-state index < -0.39 is 0 Å². The number of hydrogen-bond acceptors (Lipinski definition) is 3. The van der Waals surface area contributed by atoms with Gasteiger partial charge >= 0.3 is 0 Å². The lowest BCUT2D eigenvalue weighted by Gasteiger charge is -2.09. The molecule has 1 aliphatic rings. The lowest BCUT2D eigenvalue weighted by atomic mass is 10.1. The molecule has 1 atom stereocenters. The van der Waals surface area contributed by atoms with Gasteiger partial charge in [0.15, 0.2) is 11.6 Å². The Kier molecular flexibility index (Phi) is 4.44. The number of halogens is 2. The van der Waals surface area contributed by atoms with Crippen LogP contribution >= 0.6 is 28.3 Å². The molecule has 1 aliphatic heterocycles. The molecule has 138 valence electrons. The van der Waals surface area contributed by atoms with Crippen molar-refractivity contribution in [3.63, 3.8) is 0 Å². The summed E-state index contributed by atoms with van der Waals surface area (Å²) in [5.74, 6) is 1.81. The smallest absolute Gasteiger partial charge is 0.160 e. The molecule has 4 heterocycles. The maximum Gasteiger partial charge on any atom is 0.160 e. The summed E-state index contributed by atoms with van der Waals surface area (Å²) in [5, 5.41) is 4.84. The zero-order valence-corrected chi connectivity index (χ0v) is 17.3. The van der Waals surface area contributed by atoms with Gasteiger partial charge < -0.3 is 9.55 Å². The Morgan fingerprint density at radius 3 is 2.89 bits per heavy atom. The number of nitrogens with zero attached hydrogens (tertiary/aromatic N) is 5. The van der Waals surface area contributed by atoms with Crippen LogP contribution in [0.2, 0.25) is 0 Å². The van der Waals surface area contributed by atoms with E-state index in [1.165, 1.54) is 0 Å². The standard InChI is InChI=1S/C19H17BrN6.ClH/c1-11(15-4-3-7-21-15)18-23-19-14-8-13(20)5-6-16(14)25-10-22-12(2)17(25)9-26(19)24-18;/h3-8,10-11,21H,9H2,1-2H3;1H. The SMILES string of the molecule is Cc1ncn2c1Cn1nc(C(C)c3ccc[nH]3)nc1-c1cc(Br)ccc1-2.Cl. The van der Waals surface area contributed by atoms with Crippen molar-refractivity contribution in [2.45, 2.75) is 26.3 Å². The third kappa shape index (κ3) is 2.82. The highest BCUT2D eigenvalue weighted by Crippen LogP contribution is 2.34. The van der Waals surface area contributed by atoms with Crippen molar-refractivity contribution in [1.82, 2.24) is 29.3 Å². The first-order valence-corrected chi connectivity index (χ1v) is 9.32. The van der Waals surface area contributed by atoms with Crippen LogP contribution in [0.3, 0.4) is 0 Å². The fourth-order valence-electron chi connectivity index (χ4n) is 3.51. The number of H-pyrrole nitrogens is 1. The number of imidazole rings is 1. The molecule has 0 saturated heterocycles. The summed E-state index contributed by atoms with van der Waals surface area (Å²) in [6.45, 7) is 4.81. The number of benzene rings is 1. The summed E-state index contributed by atoms with van der Waals surface area (Å²) >= 11 is 3.59. The summed E-state index contributed by atoms with van der Waals surface area (Å²) in [5.41, 5.74) is 5.39. The predicted octanol–water partition coefficient (Wildman–Crippen LogP) is 4.47. The van der Waals surface area contributed by atoms with Crippen molar-refractivity contribution < 1.29 is 0 Å². The van der Waals surface area contributed by atoms with Crippen molar-refractivity contribution in [3.8, 4) is 17.1 Å². The van der Waals surface area contributed by atoms with E-state index in [9.17, 15) is 0 Å². The Hall–Kier alpha value is -2.38. The largest absolute Gasteiger partial charge is 0.364 e. The molecule has 1 unspecified atom stereocenters. The molecular weight excluding hydrogens is 428 g/mol. The summed E-state index contributed by atoms with van der Waals surface area (Å²) in [6, 6.07) is 10.3. The van der Waals surface area contributed by atoms with Gasteiger partial charge in [-0.1, -0.05) is 15.9 Å². The number of nitrogens with one attached hydrogen (secondary N) is 1. The first-order chi connectivity index (χ1) is 12.6. The number of aromatic amines is 1. The van der Waals surface area contributed by atoms with Crippen LogP contribution in [0.1, 0.15) is 35.7 Å². The monoisotopic (exact) mass is 444 g/mol. The second-order valence-electron chi connectivity index (χ2n) is 6.61. The fourth-order valence-corrected chi connectivity index (χ4v) is 3.87. The van der Waals surface area contributed by atoms with E-state index in [2.05, 4.69) is 55.6 Å². The quantitative estimate of drug-likeness (QED) is 0.436. The first kappa shape index (κ1) is 18.0. The highest BCUT2D eigenvalue weighted by molar-refractivity contribution is 9.10. The molecule has 0 aliphatic carbocycles. The van der Waals surface area contributed by atoms with Crippen molar-refractivity contribution in [3.05, 3.63) is 70.2 Å². The maximum atomic E-state index is 4.92. The average molecular weight is 446 g/mol. The van der Waals surface area contributed by atoms with Gasteiger partial charge in [-0.05, 0) is 44.2 Å². The molecule has 0 fully saturated rings. The van der Waals surface area contributed by atoms with E-state index in [0.717, 1.165) is 44.5 Å². The van der Waals surface area contributed by atoms with E-state index >= 15 is 0 Å². The molecule has 0 amide bonds. The summed E-state index contributed by atoms with van der Waals surface area (Å²) in [4.78, 5) is 12.7. The minimum atomic E-state index is 0. The van der Waals surface area contributed by atoms with Crippen LogP contribution in [0.4, 0.5) is 0 Å². The minimum absolute atomic E-state index is 0. The van der Waals surface area contributed by atoms with Gasteiger partial charge in [-0.2, -0.15) is 5.10 Å². The van der Waals surface area contributed by atoms with Crippen LogP contribution in [0.5, 0.6) is 0 Å². The lowest BCUT2D eigenvalue weighted by Crippen LogP contribution is -2.07. The normalized spacial score (nSPS) is 13.1. The molecule has 27 heavy (non-hydrogen) atoms. The van der Waals surface area contributed by atoms with Gasteiger partial charge in [-0.15, -0.1) is 12.4 Å². The lowest BCUT2D eigenvalue weighted by molar-refractivity contribution is 0.651. The Morgan fingerprint density at radius 1 is 1.26 bits per heavy atom. The third-order valence-corrected chi connectivity index (χ3v) is 5.49. The van der Waals surface area contributed by atoms with Crippen LogP contribution in [-0.4, -0.2) is 29.3 Å². The fraction of sp³-hybridized carbons (Fsp3) is 0.211. The van der Waals surface area contributed by atoms with E-state index in [4.69, 9.17) is 10.1 Å². The highest BCUT2D eigenvalue weighted by Gasteiger charge is 2.26. The molecule has 0 spiro atoms. The van der Waals surface area contributed by atoms with Crippen LogP contribution < -0.4 is 0 Å². The number of aryl methyl sites for hydroxylation is 1. The zero-order chi connectivity index (χ0) is 17.8. The van der Waals surface area contributed by atoms with Crippen molar-refractivity contribution >= 4 is 28.3 Å². The van der Waals surface area contributed by atoms with Crippen LogP contribution in [0.15, 0.2) is 47.3 Å². The highest BCUT2D eigenvalue weighted by atomic mass is 79.9. The molecular formula is C19H18BrClN6. The predicted molar refractivity (Wildman–Crippen MR) is 110 cm³/mol. The molecule has 1 aromatic carbocycles. The Balaban J connectivity index is 0.00000180. The van der Waals surface area contributed by atoms with Crippen LogP contribution in [0.25, 0.3) is 17.1 Å². The molecule has 0 saturated carbocycles. The minimum Gasteiger partial charge on any atom is -0.364 e. The molecule has 5 rings (SSSR count). The number of fused-ring (bicyclic) bond motifs is 5. The summed E-state index contributed by atoms with van der Waals surface area (Å²) in [7, 11) is 0. The van der Waals surface area contributed by atoms with Gasteiger partial charge in [-0.25, -0.2) is 14.6 Å². The zero-order valence-electron chi connectivity index (χ0n) is 14.8.